The maximum atomic E-state index is 12.2. The molecule has 0 unspecified atom stereocenters. The lowest BCUT2D eigenvalue weighted by Crippen LogP contribution is -2.28. The van der Waals surface area contributed by atoms with Crippen LogP contribution < -0.4 is 4.72 Å². The zero-order valence-electron chi connectivity index (χ0n) is 13.9. The summed E-state index contributed by atoms with van der Waals surface area (Å²) >= 11 is 0. The van der Waals surface area contributed by atoms with Gasteiger partial charge in [0, 0.05) is 6.54 Å². The highest BCUT2D eigenvalue weighted by atomic mass is 32.2. The molecule has 134 valence electrons. The van der Waals surface area contributed by atoms with Crippen LogP contribution in [0.2, 0.25) is 0 Å². The van der Waals surface area contributed by atoms with Gasteiger partial charge >= 0.3 is 5.97 Å². The van der Waals surface area contributed by atoms with Crippen LogP contribution in [0.15, 0.2) is 53.4 Å². The van der Waals surface area contributed by atoms with Gasteiger partial charge in [-0.05, 0) is 48.4 Å². The molecule has 0 saturated carbocycles. The van der Waals surface area contributed by atoms with Gasteiger partial charge < -0.3 is 9.84 Å². The van der Waals surface area contributed by atoms with E-state index in [4.69, 9.17) is 9.84 Å². The Kier molecular flexibility index (Phi) is 6.55. The Morgan fingerprint density at radius 2 is 1.72 bits per heavy atom. The number of aromatic hydroxyl groups is 1. The summed E-state index contributed by atoms with van der Waals surface area (Å²) in [6, 6.07) is 12.3. The standard InChI is InChI=1S/C18H21NO5S/c1-2-3-14-4-10-17(11-5-14)25(22,23)19-12-13-24-18(21)15-6-8-16(20)9-7-15/h4-11,19-20H,2-3,12-13H2,1H3. The van der Waals surface area contributed by atoms with Crippen LogP contribution in [0.1, 0.15) is 29.3 Å². The second-order valence-corrected chi connectivity index (χ2v) is 7.24. The molecule has 2 rings (SSSR count). The molecular weight excluding hydrogens is 342 g/mol. The fraction of sp³-hybridized carbons (Fsp3) is 0.278. The smallest absolute Gasteiger partial charge is 0.338 e. The quantitative estimate of drug-likeness (QED) is 0.555. The van der Waals surface area contributed by atoms with Gasteiger partial charge in [0.05, 0.1) is 10.5 Å². The Morgan fingerprint density at radius 3 is 2.32 bits per heavy atom. The van der Waals surface area contributed by atoms with Crippen molar-refractivity contribution in [1.82, 2.24) is 4.72 Å². The molecule has 0 amide bonds. The van der Waals surface area contributed by atoms with Gasteiger partial charge in [-0.3, -0.25) is 0 Å². The highest BCUT2D eigenvalue weighted by molar-refractivity contribution is 7.89. The minimum atomic E-state index is -3.63. The molecule has 0 fully saturated rings. The lowest BCUT2D eigenvalue weighted by molar-refractivity contribution is 0.0513. The molecule has 0 radical (unpaired) electrons. The van der Waals surface area contributed by atoms with Gasteiger partial charge in [-0.2, -0.15) is 0 Å². The third-order valence-corrected chi connectivity index (χ3v) is 4.98. The molecule has 0 saturated heterocycles. The second kappa shape index (κ2) is 8.64. The summed E-state index contributed by atoms with van der Waals surface area (Å²) in [6.45, 7) is 1.95. The largest absolute Gasteiger partial charge is 0.508 e. The summed E-state index contributed by atoms with van der Waals surface area (Å²) in [7, 11) is -3.63. The summed E-state index contributed by atoms with van der Waals surface area (Å²) in [5, 5.41) is 9.17. The minimum Gasteiger partial charge on any atom is -0.508 e. The first-order valence-electron chi connectivity index (χ1n) is 7.97. The maximum Gasteiger partial charge on any atom is 0.338 e. The third-order valence-electron chi connectivity index (χ3n) is 3.50. The first-order chi connectivity index (χ1) is 11.9. The van der Waals surface area contributed by atoms with Gasteiger partial charge in [-0.25, -0.2) is 17.9 Å². The van der Waals surface area contributed by atoms with E-state index in [-0.39, 0.29) is 29.4 Å². The molecule has 0 aliphatic heterocycles. The number of hydrogen-bond donors (Lipinski definition) is 2. The topological polar surface area (TPSA) is 92.7 Å². The van der Waals surface area contributed by atoms with Crippen molar-refractivity contribution >= 4 is 16.0 Å². The molecule has 0 spiro atoms. The van der Waals surface area contributed by atoms with Gasteiger partial charge in [0.25, 0.3) is 0 Å². The normalized spacial score (nSPS) is 11.2. The van der Waals surface area contributed by atoms with Crippen molar-refractivity contribution in [1.29, 1.82) is 0 Å². The number of esters is 1. The number of aryl methyl sites for hydroxylation is 1. The Hall–Kier alpha value is -2.38. The average Bonchev–Trinajstić information content (AvgIpc) is 2.60. The predicted molar refractivity (Wildman–Crippen MR) is 94.0 cm³/mol. The Balaban J connectivity index is 1.83. The van der Waals surface area contributed by atoms with Crippen molar-refractivity contribution < 1.29 is 23.1 Å². The summed E-state index contributed by atoms with van der Waals surface area (Å²) in [4.78, 5) is 11.9. The zero-order chi connectivity index (χ0) is 18.3. The van der Waals surface area contributed by atoms with E-state index in [1.54, 1.807) is 24.3 Å². The van der Waals surface area contributed by atoms with Crippen molar-refractivity contribution in [3.63, 3.8) is 0 Å². The molecule has 2 N–H and O–H groups in total. The fourth-order valence-corrected chi connectivity index (χ4v) is 3.22. The number of phenolic OH excluding ortho intramolecular Hbond substituents is 1. The van der Waals surface area contributed by atoms with E-state index >= 15 is 0 Å². The van der Waals surface area contributed by atoms with Crippen molar-refractivity contribution in [2.75, 3.05) is 13.2 Å². The zero-order valence-corrected chi connectivity index (χ0v) is 14.8. The summed E-state index contributed by atoms with van der Waals surface area (Å²) < 4.78 is 31.7. The molecule has 6 nitrogen and oxygen atoms in total. The van der Waals surface area contributed by atoms with Gasteiger partial charge in [0.1, 0.15) is 12.4 Å². The van der Waals surface area contributed by atoms with Crippen LogP contribution in [0.3, 0.4) is 0 Å². The van der Waals surface area contributed by atoms with Gasteiger partial charge in [-0.15, -0.1) is 0 Å². The fourth-order valence-electron chi connectivity index (χ4n) is 2.21. The van der Waals surface area contributed by atoms with Crippen LogP contribution in [0.5, 0.6) is 5.75 Å². The summed E-state index contributed by atoms with van der Waals surface area (Å²) in [6.07, 6.45) is 1.90. The van der Waals surface area contributed by atoms with Crippen molar-refractivity contribution in [3.8, 4) is 5.75 Å². The lowest BCUT2D eigenvalue weighted by Gasteiger charge is -2.08. The number of benzene rings is 2. The van der Waals surface area contributed by atoms with E-state index in [0.29, 0.717) is 0 Å². The average molecular weight is 363 g/mol. The van der Waals surface area contributed by atoms with Crippen LogP contribution in [0, 0.1) is 0 Å². The van der Waals surface area contributed by atoms with E-state index in [2.05, 4.69) is 11.6 Å². The van der Waals surface area contributed by atoms with Crippen LogP contribution >= 0.6 is 0 Å². The SMILES string of the molecule is CCCc1ccc(S(=O)(=O)NCCOC(=O)c2ccc(O)cc2)cc1. The minimum absolute atomic E-state index is 0.0249. The van der Waals surface area contributed by atoms with Gasteiger partial charge in [0.15, 0.2) is 0 Å². The number of sulfonamides is 1. The number of rotatable bonds is 8. The highest BCUT2D eigenvalue weighted by Crippen LogP contribution is 2.12. The number of nitrogens with one attached hydrogen (secondary N) is 1. The molecule has 7 heteroatoms. The van der Waals surface area contributed by atoms with Crippen LogP contribution in [-0.4, -0.2) is 32.6 Å². The Morgan fingerprint density at radius 1 is 1.08 bits per heavy atom. The molecule has 0 aromatic heterocycles. The Bertz CT molecular complexity index is 798. The predicted octanol–water partition coefficient (Wildman–Crippen LogP) is 2.48. The first-order valence-corrected chi connectivity index (χ1v) is 9.45. The van der Waals surface area contributed by atoms with E-state index in [1.807, 2.05) is 0 Å². The first kappa shape index (κ1) is 19.0. The number of carbonyl (C=O) groups is 1. The van der Waals surface area contributed by atoms with Crippen molar-refractivity contribution in [2.45, 2.75) is 24.7 Å². The molecule has 0 aliphatic carbocycles. The molecule has 2 aromatic carbocycles. The second-order valence-electron chi connectivity index (χ2n) is 5.47. The van der Waals surface area contributed by atoms with E-state index < -0.39 is 16.0 Å². The molecule has 2 aromatic rings. The van der Waals surface area contributed by atoms with E-state index in [0.717, 1.165) is 18.4 Å². The van der Waals surface area contributed by atoms with Crippen LogP contribution in [-0.2, 0) is 21.2 Å². The monoisotopic (exact) mass is 363 g/mol. The molecule has 25 heavy (non-hydrogen) atoms. The van der Waals surface area contributed by atoms with Crippen molar-refractivity contribution in [3.05, 3.63) is 59.7 Å². The maximum absolute atomic E-state index is 12.2. The number of hydrogen-bond acceptors (Lipinski definition) is 5. The van der Waals surface area contributed by atoms with Crippen LogP contribution in [0.4, 0.5) is 0 Å². The van der Waals surface area contributed by atoms with E-state index in [1.165, 1.54) is 24.3 Å². The van der Waals surface area contributed by atoms with Gasteiger partial charge in [-0.1, -0.05) is 25.5 Å². The van der Waals surface area contributed by atoms with Crippen molar-refractivity contribution in [2.24, 2.45) is 0 Å². The molecule has 0 heterocycles. The number of carbonyl (C=O) groups excluding carboxylic acids is 1. The van der Waals surface area contributed by atoms with Gasteiger partial charge in [0.2, 0.25) is 10.0 Å². The lowest BCUT2D eigenvalue weighted by atomic mass is 10.1. The molecular formula is C18H21NO5S. The number of phenols is 1. The van der Waals surface area contributed by atoms with E-state index in [9.17, 15) is 13.2 Å². The molecule has 0 bridgehead atoms. The number of ether oxygens (including phenoxy) is 1. The summed E-state index contributed by atoms with van der Waals surface area (Å²) in [5.41, 5.74) is 1.37. The molecule has 0 aliphatic rings. The van der Waals surface area contributed by atoms with Crippen LogP contribution in [0.25, 0.3) is 0 Å². The molecule has 0 atom stereocenters. The Labute approximate surface area is 147 Å². The highest BCUT2D eigenvalue weighted by Gasteiger charge is 2.14. The third kappa shape index (κ3) is 5.58. The summed E-state index contributed by atoms with van der Waals surface area (Å²) in [5.74, 6) is -0.530.